The van der Waals surface area contributed by atoms with Crippen LogP contribution >= 0.6 is 23.4 Å². The molecule has 90 valence electrons. The summed E-state index contributed by atoms with van der Waals surface area (Å²) in [4.78, 5) is 1.36. The monoisotopic (exact) mass is 257 g/mol. The summed E-state index contributed by atoms with van der Waals surface area (Å²) in [6, 6.07) is 6.18. The second-order valence-electron chi connectivity index (χ2n) is 3.78. The number of nitrogens with one attached hydrogen (secondary N) is 1. The fourth-order valence-corrected chi connectivity index (χ4v) is 2.54. The van der Waals surface area contributed by atoms with Gasteiger partial charge in [-0.05, 0) is 48.9 Å². The van der Waals surface area contributed by atoms with Gasteiger partial charge in [0.1, 0.15) is 0 Å². The van der Waals surface area contributed by atoms with E-state index < -0.39 is 0 Å². The smallest absolute Gasteiger partial charge is 0.0410 e. The molecule has 0 aliphatic heterocycles. The van der Waals surface area contributed by atoms with Crippen LogP contribution in [0.2, 0.25) is 5.02 Å². The topological polar surface area (TPSA) is 12.0 Å². The highest BCUT2D eigenvalue weighted by Gasteiger charge is 2.03. The molecular formula is C13H20ClNS. The van der Waals surface area contributed by atoms with E-state index in [2.05, 4.69) is 31.3 Å². The molecule has 0 saturated carbocycles. The minimum Gasteiger partial charge on any atom is -0.313 e. The molecule has 0 unspecified atom stereocenters. The number of hydrogen-bond donors (Lipinski definition) is 1. The standard InChI is InChI=1S/C13H20ClNS/c1-3-7-15-10-11-9-12(14)5-6-13(11)16-8-4-2/h5-6,9,15H,3-4,7-8,10H2,1-2H3. The van der Waals surface area contributed by atoms with Gasteiger partial charge in [0.05, 0.1) is 0 Å². The molecule has 1 nitrogen and oxygen atoms in total. The summed E-state index contributed by atoms with van der Waals surface area (Å²) in [7, 11) is 0. The van der Waals surface area contributed by atoms with Crippen LogP contribution in [0.25, 0.3) is 0 Å². The Bertz CT molecular complexity index is 315. The van der Waals surface area contributed by atoms with E-state index in [4.69, 9.17) is 11.6 Å². The summed E-state index contributed by atoms with van der Waals surface area (Å²) in [5, 5.41) is 4.25. The van der Waals surface area contributed by atoms with Gasteiger partial charge in [-0.15, -0.1) is 11.8 Å². The maximum atomic E-state index is 6.03. The lowest BCUT2D eigenvalue weighted by molar-refractivity contribution is 0.669. The van der Waals surface area contributed by atoms with Crippen LogP contribution in [0.4, 0.5) is 0 Å². The zero-order chi connectivity index (χ0) is 11.8. The Morgan fingerprint density at radius 3 is 2.75 bits per heavy atom. The molecule has 0 amide bonds. The highest BCUT2D eigenvalue weighted by atomic mass is 35.5. The maximum Gasteiger partial charge on any atom is 0.0410 e. The first-order chi connectivity index (χ1) is 7.77. The molecule has 0 bridgehead atoms. The van der Waals surface area contributed by atoms with Crippen LogP contribution in [0.1, 0.15) is 32.3 Å². The summed E-state index contributed by atoms with van der Waals surface area (Å²) in [5.41, 5.74) is 1.32. The maximum absolute atomic E-state index is 6.03. The first-order valence-corrected chi connectivity index (χ1v) is 7.26. The van der Waals surface area contributed by atoms with Gasteiger partial charge in [-0.2, -0.15) is 0 Å². The van der Waals surface area contributed by atoms with Crippen LogP contribution in [0.15, 0.2) is 23.1 Å². The van der Waals surface area contributed by atoms with E-state index in [0.29, 0.717) is 0 Å². The molecular weight excluding hydrogens is 238 g/mol. The van der Waals surface area contributed by atoms with E-state index in [0.717, 1.165) is 24.5 Å². The average molecular weight is 258 g/mol. The summed E-state index contributed by atoms with van der Waals surface area (Å²) in [5.74, 6) is 1.17. The highest BCUT2D eigenvalue weighted by molar-refractivity contribution is 7.99. The molecule has 3 heteroatoms. The van der Waals surface area contributed by atoms with Gasteiger partial charge in [-0.3, -0.25) is 0 Å². The number of thioether (sulfide) groups is 1. The van der Waals surface area contributed by atoms with Crippen LogP contribution < -0.4 is 5.32 Å². The van der Waals surface area contributed by atoms with E-state index in [1.165, 1.54) is 22.6 Å². The van der Waals surface area contributed by atoms with Gasteiger partial charge in [-0.1, -0.05) is 25.4 Å². The van der Waals surface area contributed by atoms with Crippen molar-refractivity contribution in [3.63, 3.8) is 0 Å². The minimum absolute atomic E-state index is 0.828. The number of hydrogen-bond acceptors (Lipinski definition) is 2. The molecule has 0 saturated heterocycles. The predicted octanol–water partition coefficient (Wildman–Crippen LogP) is 4.34. The van der Waals surface area contributed by atoms with E-state index in [1.807, 2.05) is 17.8 Å². The Morgan fingerprint density at radius 1 is 1.25 bits per heavy atom. The molecule has 0 heterocycles. The van der Waals surface area contributed by atoms with Crippen molar-refractivity contribution in [1.82, 2.24) is 5.32 Å². The first kappa shape index (κ1) is 13.9. The van der Waals surface area contributed by atoms with Crippen molar-refractivity contribution in [1.29, 1.82) is 0 Å². The summed E-state index contributed by atoms with van der Waals surface area (Å²) >= 11 is 7.94. The number of halogens is 1. The molecule has 0 radical (unpaired) electrons. The van der Waals surface area contributed by atoms with E-state index >= 15 is 0 Å². The SMILES string of the molecule is CCCNCc1cc(Cl)ccc1SCCC. The molecule has 1 aromatic carbocycles. The van der Waals surface area contributed by atoms with Gasteiger partial charge in [-0.25, -0.2) is 0 Å². The predicted molar refractivity (Wildman–Crippen MR) is 74.5 cm³/mol. The third-order valence-electron chi connectivity index (χ3n) is 2.23. The van der Waals surface area contributed by atoms with Gasteiger partial charge < -0.3 is 5.32 Å². The number of rotatable bonds is 7. The fraction of sp³-hybridized carbons (Fsp3) is 0.538. The second kappa shape index (κ2) is 7.99. The normalized spacial score (nSPS) is 10.7. The van der Waals surface area contributed by atoms with Crippen LogP contribution in [0.5, 0.6) is 0 Å². The van der Waals surface area contributed by atoms with Crippen LogP contribution in [-0.2, 0) is 6.54 Å². The molecule has 0 aliphatic rings. The van der Waals surface area contributed by atoms with Gasteiger partial charge in [0, 0.05) is 16.5 Å². The van der Waals surface area contributed by atoms with Gasteiger partial charge in [0.15, 0.2) is 0 Å². The summed E-state index contributed by atoms with van der Waals surface area (Å²) in [6.07, 6.45) is 2.37. The largest absolute Gasteiger partial charge is 0.313 e. The molecule has 16 heavy (non-hydrogen) atoms. The Hall–Kier alpha value is -0.180. The molecule has 0 atom stereocenters. The molecule has 1 N–H and O–H groups in total. The van der Waals surface area contributed by atoms with Crippen LogP contribution in [0, 0.1) is 0 Å². The van der Waals surface area contributed by atoms with Crippen molar-refractivity contribution in [3.05, 3.63) is 28.8 Å². The fourth-order valence-electron chi connectivity index (χ4n) is 1.44. The lowest BCUT2D eigenvalue weighted by Crippen LogP contribution is -2.14. The lowest BCUT2D eigenvalue weighted by Gasteiger charge is -2.10. The van der Waals surface area contributed by atoms with Crippen molar-refractivity contribution < 1.29 is 0 Å². The quantitative estimate of drug-likeness (QED) is 0.576. The zero-order valence-electron chi connectivity index (χ0n) is 10.1. The Labute approximate surface area is 108 Å². The summed E-state index contributed by atoms with van der Waals surface area (Å²) < 4.78 is 0. The first-order valence-electron chi connectivity index (χ1n) is 5.89. The third kappa shape index (κ3) is 4.77. The van der Waals surface area contributed by atoms with Crippen LogP contribution in [-0.4, -0.2) is 12.3 Å². The Morgan fingerprint density at radius 2 is 2.06 bits per heavy atom. The van der Waals surface area contributed by atoms with Crippen molar-refractivity contribution >= 4 is 23.4 Å². The van der Waals surface area contributed by atoms with Crippen molar-refractivity contribution in [3.8, 4) is 0 Å². The molecule has 0 spiro atoms. The second-order valence-corrected chi connectivity index (χ2v) is 5.35. The lowest BCUT2D eigenvalue weighted by atomic mass is 10.2. The summed E-state index contributed by atoms with van der Waals surface area (Å²) in [6.45, 7) is 6.36. The van der Waals surface area contributed by atoms with Crippen molar-refractivity contribution in [2.45, 2.75) is 38.1 Å². The highest BCUT2D eigenvalue weighted by Crippen LogP contribution is 2.26. The van der Waals surface area contributed by atoms with E-state index in [1.54, 1.807) is 0 Å². The number of benzene rings is 1. The molecule has 0 aromatic heterocycles. The molecule has 1 aromatic rings. The van der Waals surface area contributed by atoms with Crippen molar-refractivity contribution in [2.75, 3.05) is 12.3 Å². The van der Waals surface area contributed by atoms with Gasteiger partial charge >= 0.3 is 0 Å². The Kier molecular flexibility index (Phi) is 6.93. The van der Waals surface area contributed by atoms with Crippen LogP contribution in [0.3, 0.4) is 0 Å². The third-order valence-corrected chi connectivity index (χ3v) is 3.78. The van der Waals surface area contributed by atoms with E-state index in [-0.39, 0.29) is 0 Å². The molecule has 0 aliphatic carbocycles. The zero-order valence-corrected chi connectivity index (χ0v) is 11.6. The van der Waals surface area contributed by atoms with Crippen molar-refractivity contribution in [2.24, 2.45) is 0 Å². The molecule has 1 rings (SSSR count). The Balaban J connectivity index is 2.65. The van der Waals surface area contributed by atoms with Gasteiger partial charge in [0.25, 0.3) is 0 Å². The average Bonchev–Trinajstić information content (AvgIpc) is 2.28. The minimum atomic E-state index is 0.828. The van der Waals surface area contributed by atoms with E-state index in [9.17, 15) is 0 Å². The molecule has 0 fully saturated rings. The van der Waals surface area contributed by atoms with Gasteiger partial charge in [0.2, 0.25) is 0 Å².